The maximum Gasteiger partial charge on any atom is 0.0655 e. The van der Waals surface area contributed by atoms with Gasteiger partial charge < -0.3 is 5.32 Å². The van der Waals surface area contributed by atoms with Crippen LogP contribution in [0.2, 0.25) is 0 Å². The molecule has 5 heteroatoms. The van der Waals surface area contributed by atoms with Crippen molar-refractivity contribution < 1.29 is 0 Å². The van der Waals surface area contributed by atoms with Gasteiger partial charge in [0.1, 0.15) is 0 Å². The van der Waals surface area contributed by atoms with Gasteiger partial charge in [0.25, 0.3) is 0 Å². The average Bonchev–Trinajstić information content (AvgIpc) is 3.13. The summed E-state index contributed by atoms with van der Waals surface area (Å²) >= 11 is 10.7. The van der Waals surface area contributed by atoms with Crippen LogP contribution in [0.15, 0.2) is 62.2 Å². The highest BCUT2D eigenvalue weighted by Gasteiger charge is 2.15. The zero-order valence-electron chi connectivity index (χ0n) is 11.1. The molecule has 0 radical (unpaired) electrons. The molecule has 0 saturated carbocycles. The molecule has 1 N–H and O–H groups in total. The van der Waals surface area contributed by atoms with Crippen LogP contribution in [0.25, 0.3) is 0 Å². The summed E-state index contributed by atoms with van der Waals surface area (Å²) in [5, 5.41) is 7.93. The molecular weight excluding hydrogens is 430 g/mol. The number of thiophene rings is 2. The van der Waals surface area contributed by atoms with Crippen LogP contribution in [0, 0.1) is 0 Å². The van der Waals surface area contributed by atoms with Crippen LogP contribution in [-0.4, -0.2) is 0 Å². The van der Waals surface area contributed by atoms with Crippen molar-refractivity contribution in [3.05, 3.63) is 71.9 Å². The van der Waals surface area contributed by atoms with E-state index in [2.05, 4.69) is 90.4 Å². The maximum absolute atomic E-state index is 3.66. The summed E-state index contributed by atoms with van der Waals surface area (Å²) < 4.78 is 2.15. The Morgan fingerprint density at radius 2 is 1.81 bits per heavy atom. The van der Waals surface area contributed by atoms with E-state index in [1.165, 1.54) is 9.75 Å². The lowest BCUT2D eigenvalue weighted by Crippen LogP contribution is -2.12. The number of halogens is 2. The number of nitrogens with one attached hydrogen (secondary N) is 1. The molecule has 3 aromatic rings. The van der Waals surface area contributed by atoms with Crippen LogP contribution in [0.4, 0.5) is 5.69 Å². The van der Waals surface area contributed by atoms with Crippen LogP contribution >= 0.6 is 54.5 Å². The quantitative estimate of drug-likeness (QED) is 0.461. The van der Waals surface area contributed by atoms with E-state index in [1.54, 1.807) is 11.3 Å². The molecule has 2 heterocycles. The summed E-state index contributed by atoms with van der Waals surface area (Å²) in [6.45, 7) is 0. The number of hydrogen-bond acceptors (Lipinski definition) is 3. The minimum absolute atomic E-state index is 0.293. The first-order chi connectivity index (χ1) is 10.2. The molecule has 0 saturated heterocycles. The molecular formula is C16H13Br2NS2. The average molecular weight is 443 g/mol. The molecule has 0 spiro atoms. The van der Waals surface area contributed by atoms with Gasteiger partial charge in [-0.1, -0.05) is 28.1 Å². The normalized spacial score (nSPS) is 12.3. The van der Waals surface area contributed by atoms with Gasteiger partial charge in [-0.25, -0.2) is 0 Å². The van der Waals surface area contributed by atoms with Gasteiger partial charge in [0.05, 0.1) is 6.04 Å². The van der Waals surface area contributed by atoms with Crippen molar-refractivity contribution >= 4 is 60.2 Å². The van der Waals surface area contributed by atoms with Crippen LogP contribution in [0.5, 0.6) is 0 Å². The van der Waals surface area contributed by atoms with E-state index < -0.39 is 0 Å². The van der Waals surface area contributed by atoms with E-state index in [4.69, 9.17) is 0 Å². The van der Waals surface area contributed by atoms with E-state index >= 15 is 0 Å². The Labute approximate surface area is 149 Å². The van der Waals surface area contributed by atoms with E-state index in [-0.39, 0.29) is 0 Å². The lowest BCUT2D eigenvalue weighted by Gasteiger charge is -2.19. The largest absolute Gasteiger partial charge is 0.376 e. The second-order valence-electron chi connectivity index (χ2n) is 4.62. The maximum atomic E-state index is 3.66. The van der Waals surface area contributed by atoms with Gasteiger partial charge >= 0.3 is 0 Å². The number of benzene rings is 1. The lowest BCUT2D eigenvalue weighted by atomic mass is 10.1. The first-order valence-electron chi connectivity index (χ1n) is 6.50. The Morgan fingerprint density at radius 3 is 2.48 bits per heavy atom. The molecule has 0 amide bonds. The van der Waals surface area contributed by atoms with Crippen molar-refractivity contribution in [1.29, 1.82) is 0 Å². The fraction of sp³-hybridized carbons (Fsp3) is 0.125. The Morgan fingerprint density at radius 1 is 1.00 bits per heavy atom. The monoisotopic (exact) mass is 441 g/mol. The highest BCUT2D eigenvalue weighted by molar-refractivity contribution is 9.11. The van der Waals surface area contributed by atoms with Crippen molar-refractivity contribution in [2.75, 3.05) is 5.32 Å². The van der Waals surface area contributed by atoms with Gasteiger partial charge in [0.2, 0.25) is 0 Å². The van der Waals surface area contributed by atoms with Gasteiger partial charge in [-0.05, 0) is 57.0 Å². The molecule has 1 atom stereocenters. The molecule has 3 rings (SSSR count). The summed E-state index contributed by atoms with van der Waals surface area (Å²) in [7, 11) is 0. The Kier molecular flexibility index (Phi) is 5.16. The van der Waals surface area contributed by atoms with Crippen LogP contribution in [0.3, 0.4) is 0 Å². The number of rotatable bonds is 5. The predicted octanol–water partition coefficient (Wildman–Crippen LogP) is 6.73. The Balaban J connectivity index is 1.85. The highest BCUT2D eigenvalue weighted by Crippen LogP contribution is 2.32. The van der Waals surface area contributed by atoms with Crippen LogP contribution < -0.4 is 5.32 Å². The van der Waals surface area contributed by atoms with E-state index in [9.17, 15) is 0 Å². The minimum atomic E-state index is 0.293. The van der Waals surface area contributed by atoms with E-state index in [1.807, 2.05) is 11.3 Å². The molecule has 108 valence electrons. The predicted molar refractivity (Wildman–Crippen MR) is 101 cm³/mol. The van der Waals surface area contributed by atoms with Crippen molar-refractivity contribution in [1.82, 2.24) is 0 Å². The smallest absolute Gasteiger partial charge is 0.0655 e. The summed E-state index contributed by atoms with van der Waals surface area (Å²) in [5.74, 6) is 0. The van der Waals surface area contributed by atoms with Gasteiger partial charge in [-0.15, -0.1) is 22.7 Å². The summed E-state index contributed by atoms with van der Waals surface area (Å²) in [6.07, 6.45) is 1.00. The molecule has 1 unspecified atom stereocenters. The van der Waals surface area contributed by atoms with Gasteiger partial charge in [-0.3, -0.25) is 0 Å². The lowest BCUT2D eigenvalue weighted by molar-refractivity contribution is 0.801. The third-order valence-corrected chi connectivity index (χ3v) is 6.17. The zero-order chi connectivity index (χ0) is 14.7. The van der Waals surface area contributed by atoms with Crippen molar-refractivity contribution in [3.63, 3.8) is 0 Å². The third-order valence-electron chi connectivity index (χ3n) is 3.13. The zero-order valence-corrected chi connectivity index (χ0v) is 15.9. The molecule has 0 bridgehead atoms. The Bertz CT molecular complexity index is 693. The molecule has 1 aromatic carbocycles. The minimum Gasteiger partial charge on any atom is -0.376 e. The summed E-state index contributed by atoms with van der Waals surface area (Å²) in [4.78, 5) is 2.76. The fourth-order valence-corrected chi connectivity index (χ4v) is 4.83. The van der Waals surface area contributed by atoms with Crippen molar-refractivity contribution in [2.45, 2.75) is 12.5 Å². The van der Waals surface area contributed by atoms with Crippen molar-refractivity contribution in [2.24, 2.45) is 0 Å². The van der Waals surface area contributed by atoms with Crippen LogP contribution in [0.1, 0.15) is 15.8 Å². The van der Waals surface area contributed by atoms with Gasteiger partial charge in [-0.2, -0.15) is 0 Å². The first-order valence-corrected chi connectivity index (χ1v) is 9.84. The SMILES string of the molecule is Brc1ccc(NC(Cc2cccs2)c2cccs2)c(Br)c1. The first kappa shape index (κ1) is 15.3. The summed E-state index contributed by atoms with van der Waals surface area (Å²) in [5.41, 5.74) is 1.12. The fourth-order valence-electron chi connectivity index (χ4n) is 2.14. The second kappa shape index (κ2) is 7.09. The molecule has 1 nitrogen and oxygen atoms in total. The van der Waals surface area contributed by atoms with E-state index in [0.717, 1.165) is 21.1 Å². The second-order valence-corrected chi connectivity index (χ2v) is 8.40. The van der Waals surface area contributed by atoms with E-state index in [0.29, 0.717) is 6.04 Å². The number of hydrogen-bond donors (Lipinski definition) is 1. The molecule has 0 aliphatic heterocycles. The summed E-state index contributed by atoms with van der Waals surface area (Å²) in [6, 6.07) is 15.1. The number of anilines is 1. The topological polar surface area (TPSA) is 12.0 Å². The van der Waals surface area contributed by atoms with Crippen LogP contribution in [-0.2, 0) is 6.42 Å². The standard InChI is InChI=1S/C16H13Br2NS2/c17-11-5-6-14(13(18)9-11)19-15(16-4-2-8-21-16)10-12-3-1-7-20-12/h1-9,15,19H,10H2. The highest BCUT2D eigenvalue weighted by atomic mass is 79.9. The van der Waals surface area contributed by atoms with Crippen molar-refractivity contribution in [3.8, 4) is 0 Å². The van der Waals surface area contributed by atoms with Gasteiger partial charge in [0.15, 0.2) is 0 Å². The molecule has 0 aliphatic rings. The van der Waals surface area contributed by atoms with Gasteiger partial charge in [0, 0.05) is 30.8 Å². The molecule has 2 aromatic heterocycles. The molecule has 0 aliphatic carbocycles. The Hall–Kier alpha value is -0.620. The third kappa shape index (κ3) is 3.97. The molecule has 21 heavy (non-hydrogen) atoms. The molecule has 0 fully saturated rings.